The van der Waals surface area contributed by atoms with Crippen molar-refractivity contribution in [1.82, 2.24) is 0 Å². The van der Waals surface area contributed by atoms with Crippen molar-refractivity contribution in [3.8, 4) is 0 Å². The van der Waals surface area contributed by atoms with Gasteiger partial charge in [0.1, 0.15) is 0 Å². The summed E-state index contributed by atoms with van der Waals surface area (Å²) >= 11 is 3.65. The third-order valence-corrected chi connectivity index (χ3v) is 4.96. The number of aryl methyl sites for hydroxylation is 2. The summed E-state index contributed by atoms with van der Waals surface area (Å²) < 4.78 is 6.63. The number of ether oxygens (including phenoxy) is 1. The number of benzene rings is 1. The highest BCUT2D eigenvalue weighted by atomic mass is 79.9. The van der Waals surface area contributed by atoms with Crippen molar-refractivity contribution >= 4 is 15.9 Å². The molecule has 3 heteroatoms. The van der Waals surface area contributed by atoms with Crippen molar-refractivity contribution in [2.45, 2.75) is 33.2 Å². The molecule has 2 N–H and O–H groups in total. The summed E-state index contributed by atoms with van der Waals surface area (Å²) in [5.74, 6) is 0.460. The van der Waals surface area contributed by atoms with Crippen LogP contribution in [0, 0.1) is 26.7 Å². The third kappa shape index (κ3) is 2.42. The lowest BCUT2D eigenvalue weighted by molar-refractivity contribution is 0.181. The van der Waals surface area contributed by atoms with Gasteiger partial charge >= 0.3 is 0 Å². The van der Waals surface area contributed by atoms with E-state index in [0.29, 0.717) is 5.92 Å². The van der Waals surface area contributed by atoms with E-state index in [9.17, 15) is 0 Å². The van der Waals surface area contributed by atoms with Gasteiger partial charge in [-0.2, -0.15) is 0 Å². The van der Waals surface area contributed by atoms with Gasteiger partial charge in [-0.1, -0.05) is 22.0 Å². The summed E-state index contributed by atoms with van der Waals surface area (Å²) in [5, 5.41) is 0. The second-order valence-corrected chi connectivity index (χ2v) is 5.81. The Bertz CT molecular complexity index is 425. The smallest absolute Gasteiger partial charge is 0.0513 e. The van der Waals surface area contributed by atoms with Gasteiger partial charge in [-0.3, -0.25) is 0 Å². The summed E-state index contributed by atoms with van der Waals surface area (Å²) in [6.07, 6.45) is 1.07. The lowest BCUT2D eigenvalue weighted by Crippen LogP contribution is -2.23. The van der Waals surface area contributed by atoms with Crippen LogP contribution in [0.15, 0.2) is 10.5 Å². The fourth-order valence-corrected chi connectivity index (χ4v) is 3.09. The first kappa shape index (κ1) is 13.1. The maximum atomic E-state index is 6.42. The maximum absolute atomic E-state index is 6.42. The summed E-state index contributed by atoms with van der Waals surface area (Å²) in [6.45, 7) is 8.07. The Morgan fingerprint density at radius 3 is 2.65 bits per heavy atom. The molecule has 2 nitrogen and oxygen atoms in total. The first-order chi connectivity index (χ1) is 8.02. The summed E-state index contributed by atoms with van der Waals surface area (Å²) in [6, 6.07) is 2.30. The van der Waals surface area contributed by atoms with Crippen LogP contribution in [0.3, 0.4) is 0 Å². The van der Waals surface area contributed by atoms with Crippen LogP contribution in [-0.4, -0.2) is 13.2 Å². The topological polar surface area (TPSA) is 35.2 Å². The van der Waals surface area contributed by atoms with Crippen molar-refractivity contribution in [1.29, 1.82) is 0 Å². The molecule has 2 rings (SSSR count). The molecule has 1 fully saturated rings. The van der Waals surface area contributed by atoms with Gasteiger partial charge in [0.25, 0.3) is 0 Å². The van der Waals surface area contributed by atoms with E-state index in [4.69, 9.17) is 10.5 Å². The van der Waals surface area contributed by atoms with Gasteiger partial charge < -0.3 is 10.5 Å². The Morgan fingerprint density at radius 1 is 1.35 bits per heavy atom. The van der Waals surface area contributed by atoms with E-state index in [2.05, 4.69) is 42.8 Å². The molecule has 0 spiro atoms. The van der Waals surface area contributed by atoms with E-state index in [1.54, 1.807) is 0 Å². The van der Waals surface area contributed by atoms with Gasteiger partial charge in [-0.05, 0) is 49.4 Å². The highest BCUT2D eigenvalue weighted by Crippen LogP contribution is 2.35. The van der Waals surface area contributed by atoms with Crippen molar-refractivity contribution in [3.05, 3.63) is 32.8 Å². The Balaban J connectivity index is 2.40. The Morgan fingerprint density at radius 2 is 2.06 bits per heavy atom. The maximum Gasteiger partial charge on any atom is 0.0513 e. The molecule has 1 aliphatic rings. The van der Waals surface area contributed by atoms with Crippen LogP contribution in [0.5, 0.6) is 0 Å². The van der Waals surface area contributed by atoms with Crippen molar-refractivity contribution < 1.29 is 4.74 Å². The summed E-state index contributed by atoms with van der Waals surface area (Å²) in [4.78, 5) is 0. The minimum Gasteiger partial charge on any atom is -0.381 e. The minimum atomic E-state index is 0.0920. The molecule has 94 valence electrons. The van der Waals surface area contributed by atoms with Crippen LogP contribution >= 0.6 is 15.9 Å². The van der Waals surface area contributed by atoms with Crippen LogP contribution < -0.4 is 5.73 Å². The normalized spacial score (nSPS) is 21.8. The minimum absolute atomic E-state index is 0.0920. The van der Waals surface area contributed by atoms with Crippen molar-refractivity contribution in [2.75, 3.05) is 13.2 Å². The zero-order chi connectivity index (χ0) is 12.6. The molecule has 1 saturated heterocycles. The summed E-state index contributed by atoms with van der Waals surface area (Å²) in [7, 11) is 0. The van der Waals surface area contributed by atoms with Crippen LogP contribution in [0.25, 0.3) is 0 Å². The second kappa shape index (κ2) is 5.09. The molecule has 1 heterocycles. The Labute approximate surface area is 112 Å². The molecule has 2 atom stereocenters. The summed E-state index contributed by atoms with van der Waals surface area (Å²) in [5.41, 5.74) is 11.6. The molecule has 0 aromatic heterocycles. The van der Waals surface area contributed by atoms with E-state index in [-0.39, 0.29) is 6.04 Å². The quantitative estimate of drug-likeness (QED) is 0.908. The number of hydrogen-bond donors (Lipinski definition) is 1. The van der Waals surface area contributed by atoms with Crippen LogP contribution in [0.2, 0.25) is 0 Å². The van der Waals surface area contributed by atoms with E-state index < -0.39 is 0 Å². The molecule has 1 aromatic rings. The average molecular weight is 298 g/mol. The van der Waals surface area contributed by atoms with E-state index in [1.807, 2.05) is 0 Å². The molecule has 0 radical (unpaired) electrons. The monoisotopic (exact) mass is 297 g/mol. The lowest BCUT2D eigenvalue weighted by atomic mass is 9.87. The SMILES string of the molecule is Cc1cc(C)c(C(N)C2CCOC2)c(C)c1Br. The fourth-order valence-electron chi connectivity index (χ4n) is 2.76. The molecule has 2 unspecified atom stereocenters. The number of halogens is 1. The standard InChI is InChI=1S/C14H20BrNO/c1-8-6-9(2)13(15)10(3)12(8)14(16)11-4-5-17-7-11/h6,11,14H,4-5,7,16H2,1-3H3. The first-order valence-corrected chi connectivity index (χ1v) is 6.91. The number of rotatable bonds is 2. The molecule has 0 saturated carbocycles. The second-order valence-electron chi connectivity index (χ2n) is 5.01. The van der Waals surface area contributed by atoms with E-state index in [0.717, 1.165) is 19.6 Å². The lowest BCUT2D eigenvalue weighted by Gasteiger charge is -2.24. The fraction of sp³-hybridized carbons (Fsp3) is 0.571. The molecule has 0 amide bonds. The molecule has 17 heavy (non-hydrogen) atoms. The molecule has 1 aromatic carbocycles. The Hall–Kier alpha value is -0.380. The molecule has 1 aliphatic heterocycles. The van der Waals surface area contributed by atoms with Gasteiger partial charge in [-0.25, -0.2) is 0 Å². The van der Waals surface area contributed by atoms with Gasteiger partial charge in [0.15, 0.2) is 0 Å². The predicted octanol–water partition coefficient (Wildman–Crippen LogP) is 3.41. The zero-order valence-electron chi connectivity index (χ0n) is 10.7. The first-order valence-electron chi connectivity index (χ1n) is 6.12. The molecule has 0 bridgehead atoms. The van der Waals surface area contributed by atoms with E-state index in [1.165, 1.54) is 26.7 Å². The van der Waals surface area contributed by atoms with Gasteiger partial charge in [-0.15, -0.1) is 0 Å². The number of nitrogens with two attached hydrogens (primary N) is 1. The predicted molar refractivity (Wildman–Crippen MR) is 74.2 cm³/mol. The third-order valence-electron chi connectivity index (χ3n) is 3.74. The van der Waals surface area contributed by atoms with Crippen molar-refractivity contribution in [3.63, 3.8) is 0 Å². The molecular weight excluding hydrogens is 278 g/mol. The molecule has 0 aliphatic carbocycles. The van der Waals surface area contributed by atoms with Crippen LogP contribution in [-0.2, 0) is 4.74 Å². The average Bonchev–Trinajstić information content (AvgIpc) is 2.79. The van der Waals surface area contributed by atoms with Gasteiger partial charge in [0.2, 0.25) is 0 Å². The van der Waals surface area contributed by atoms with Crippen LogP contribution in [0.1, 0.15) is 34.7 Å². The van der Waals surface area contributed by atoms with Gasteiger partial charge in [0.05, 0.1) is 6.61 Å². The highest BCUT2D eigenvalue weighted by molar-refractivity contribution is 9.10. The highest BCUT2D eigenvalue weighted by Gasteiger charge is 2.27. The molecular formula is C14H20BrNO. The zero-order valence-corrected chi connectivity index (χ0v) is 12.3. The van der Waals surface area contributed by atoms with E-state index >= 15 is 0 Å². The largest absolute Gasteiger partial charge is 0.381 e. The Kier molecular flexibility index (Phi) is 3.91. The van der Waals surface area contributed by atoms with Gasteiger partial charge in [0, 0.05) is 23.0 Å². The van der Waals surface area contributed by atoms with Crippen molar-refractivity contribution in [2.24, 2.45) is 11.7 Å². The number of hydrogen-bond acceptors (Lipinski definition) is 2. The van der Waals surface area contributed by atoms with Crippen LogP contribution in [0.4, 0.5) is 0 Å².